The second-order valence-electron chi connectivity index (χ2n) is 10.1. The first-order valence-electron chi connectivity index (χ1n) is 12.3. The molecule has 0 fully saturated rings. The Morgan fingerprint density at radius 3 is 1.63 bits per heavy atom. The van der Waals surface area contributed by atoms with Crippen molar-refractivity contribution in [1.29, 1.82) is 0 Å². The van der Waals surface area contributed by atoms with E-state index in [4.69, 9.17) is 17.0 Å². The molecule has 2 aliphatic rings. The second kappa shape index (κ2) is 8.35. The van der Waals surface area contributed by atoms with Gasteiger partial charge in [0.1, 0.15) is 0 Å². The summed E-state index contributed by atoms with van der Waals surface area (Å²) in [5.41, 5.74) is 11.0. The number of fused-ring (bicyclic) bond motifs is 6. The minimum absolute atomic E-state index is 0.0524. The van der Waals surface area contributed by atoms with Gasteiger partial charge in [-0.05, 0) is 0 Å². The molecule has 1 unspecified atom stereocenters. The van der Waals surface area contributed by atoms with Crippen molar-refractivity contribution in [1.82, 2.24) is 0 Å². The second-order valence-corrected chi connectivity index (χ2v) is 31.9. The van der Waals surface area contributed by atoms with Gasteiger partial charge >= 0.3 is 216 Å². The zero-order valence-corrected chi connectivity index (χ0v) is 23.9. The molecule has 4 aromatic rings. The van der Waals surface area contributed by atoms with Crippen molar-refractivity contribution >= 4 is 20.2 Å². The fraction of sp³-hybridized carbons (Fsp3) is 0.194. The van der Waals surface area contributed by atoms with E-state index in [1.165, 1.54) is 44.5 Å². The van der Waals surface area contributed by atoms with Crippen LogP contribution in [0.15, 0.2) is 91.0 Å². The van der Waals surface area contributed by atoms with Crippen molar-refractivity contribution in [2.45, 2.75) is 27.5 Å². The average molecular weight is 579 g/mol. The molecule has 0 radical (unpaired) electrons. The summed E-state index contributed by atoms with van der Waals surface area (Å²) in [4.78, 5) is 0. The van der Waals surface area contributed by atoms with E-state index in [1.807, 2.05) is 0 Å². The van der Waals surface area contributed by atoms with Gasteiger partial charge in [-0.3, -0.25) is 0 Å². The van der Waals surface area contributed by atoms with Crippen LogP contribution in [0.3, 0.4) is 0 Å². The van der Waals surface area contributed by atoms with Gasteiger partial charge in [-0.1, -0.05) is 0 Å². The van der Waals surface area contributed by atoms with Crippen LogP contribution in [0.4, 0.5) is 0 Å². The number of hydrogen-bond donors (Lipinski definition) is 1. The van der Waals surface area contributed by atoms with E-state index in [0.717, 1.165) is 8.77 Å². The number of rotatable bonds is 4. The van der Waals surface area contributed by atoms with Gasteiger partial charge in [-0.2, -0.15) is 0 Å². The van der Waals surface area contributed by atoms with Crippen LogP contribution in [0.1, 0.15) is 48.9 Å². The predicted octanol–water partition coefficient (Wildman–Crippen LogP) is 8.27. The molecule has 1 nitrogen and oxygen atoms in total. The van der Waals surface area contributed by atoms with Crippen molar-refractivity contribution in [3.63, 3.8) is 0 Å². The quantitative estimate of drug-likeness (QED) is 0.258. The van der Waals surface area contributed by atoms with Crippen LogP contribution in [-0.2, 0) is 22.3 Å². The van der Waals surface area contributed by atoms with Crippen LogP contribution in [-0.4, -0.2) is 14.9 Å². The van der Waals surface area contributed by atoms with Crippen LogP contribution in [0.2, 0.25) is 0 Å². The summed E-state index contributed by atoms with van der Waals surface area (Å²) in [7, 11) is 16.6. The van der Waals surface area contributed by atoms with Gasteiger partial charge < -0.3 is 0 Å². The molecule has 4 aromatic carbocycles. The Labute approximate surface area is 215 Å². The molecule has 35 heavy (non-hydrogen) atoms. The summed E-state index contributed by atoms with van der Waals surface area (Å²) in [5, 5.41) is 9.95. The molecule has 0 spiro atoms. The standard InChI is InChI=1S/C15H13O.C13H9.C3H6.2ClH.Zr/c16-9-8-11-5-3-7-14-13-6-2-1-4-12(13)10-15(11)14;1-3-7-12-10(5-1)9-11-6-2-4-8-13(11)12;1-3-2;;;/h1-7,10,16H,8-9H2;1-9H;1-2H3;2*1H;/q;;;;;+2/p-2. The Morgan fingerprint density at radius 2 is 1.11 bits per heavy atom. The van der Waals surface area contributed by atoms with E-state index in [-0.39, 0.29) is 13.9 Å². The first kappa shape index (κ1) is 23.6. The molecule has 0 bridgehead atoms. The molecule has 6 rings (SSSR count). The third kappa shape index (κ3) is 3.17. The number of aliphatic hydroxyl groups is 1. The SMILES string of the molecule is C[C](C)=[Zr]([Cl])([Cl])([CH]1c2ccccc2-c2ccccc21)[CH]1c2ccccc2-c2cccc(CCO)c21. The number of hydrogen-bond acceptors (Lipinski definition) is 1. The molecule has 1 atom stereocenters. The van der Waals surface area contributed by atoms with Gasteiger partial charge in [0.05, 0.1) is 0 Å². The molecule has 4 heteroatoms. The van der Waals surface area contributed by atoms with E-state index in [1.54, 1.807) is 0 Å². The summed E-state index contributed by atoms with van der Waals surface area (Å²) in [6, 6.07) is 32.3. The zero-order valence-electron chi connectivity index (χ0n) is 19.9. The van der Waals surface area contributed by atoms with Crippen molar-refractivity contribution in [3.05, 3.63) is 119 Å². The summed E-state index contributed by atoms with van der Waals surface area (Å²) < 4.78 is 1.02. The van der Waals surface area contributed by atoms with Gasteiger partial charge in [0.2, 0.25) is 0 Å². The maximum absolute atomic E-state index is 9.95. The van der Waals surface area contributed by atoms with Crippen LogP contribution in [0.5, 0.6) is 0 Å². The average Bonchev–Trinajstić information content (AvgIpc) is 3.39. The molecule has 0 saturated heterocycles. The van der Waals surface area contributed by atoms with Crippen molar-refractivity contribution in [2.24, 2.45) is 0 Å². The van der Waals surface area contributed by atoms with Gasteiger partial charge in [0.15, 0.2) is 0 Å². The summed E-state index contributed by atoms with van der Waals surface area (Å²) >= 11 is -5.02. The van der Waals surface area contributed by atoms with Crippen molar-refractivity contribution in [3.8, 4) is 22.3 Å². The van der Waals surface area contributed by atoms with E-state index < -0.39 is 15.9 Å². The summed E-state index contributed by atoms with van der Waals surface area (Å²) in [6.07, 6.45) is 0.591. The molecule has 0 saturated carbocycles. The molecule has 0 aromatic heterocycles. The van der Waals surface area contributed by atoms with Crippen molar-refractivity contribution < 1.29 is 21.0 Å². The first-order valence-corrected chi connectivity index (χ1v) is 22.7. The minimum atomic E-state index is -5.02. The van der Waals surface area contributed by atoms with Gasteiger partial charge in [0, 0.05) is 0 Å². The topological polar surface area (TPSA) is 20.2 Å². The maximum atomic E-state index is 9.95. The number of aliphatic hydroxyl groups excluding tert-OH is 1. The monoisotopic (exact) mass is 576 g/mol. The van der Waals surface area contributed by atoms with Crippen LogP contribution < -0.4 is 0 Å². The van der Waals surface area contributed by atoms with Crippen LogP contribution in [0, 0.1) is 0 Å². The zero-order chi connectivity index (χ0) is 24.4. The molecule has 1 N–H and O–H groups in total. The molecular weight excluding hydrogens is 550 g/mol. The van der Waals surface area contributed by atoms with Crippen LogP contribution >= 0.6 is 17.0 Å². The Kier molecular flexibility index (Phi) is 5.62. The van der Waals surface area contributed by atoms with Gasteiger partial charge in [-0.25, -0.2) is 0 Å². The molecule has 0 amide bonds. The van der Waals surface area contributed by atoms with Gasteiger partial charge in [0.25, 0.3) is 0 Å². The van der Waals surface area contributed by atoms with E-state index in [0.29, 0.717) is 6.42 Å². The molecule has 2 aliphatic carbocycles. The molecule has 176 valence electrons. The third-order valence-corrected chi connectivity index (χ3v) is 30.8. The number of benzene rings is 4. The fourth-order valence-electron chi connectivity index (χ4n) is 6.70. The van der Waals surface area contributed by atoms with Gasteiger partial charge in [-0.15, -0.1) is 0 Å². The number of halogens is 2. The Bertz CT molecular complexity index is 1510. The van der Waals surface area contributed by atoms with Crippen molar-refractivity contribution in [2.75, 3.05) is 6.61 Å². The third-order valence-electron chi connectivity index (χ3n) is 8.28. The van der Waals surface area contributed by atoms with Crippen LogP contribution in [0.25, 0.3) is 22.3 Å². The first-order chi connectivity index (χ1) is 16.9. The Hall–Kier alpha value is -1.83. The van der Waals surface area contributed by atoms with E-state index in [2.05, 4.69) is 105 Å². The predicted molar refractivity (Wildman–Crippen MR) is 146 cm³/mol. The van der Waals surface area contributed by atoms with E-state index in [9.17, 15) is 5.11 Å². The summed E-state index contributed by atoms with van der Waals surface area (Å²) in [5.74, 6) is 0. The fourth-order valence-corrected chi connectivity index (χ4v) is 24.0. The normalized spacial score (nSPS) is 16.5. The Balaban J connectivity index is 1.75. The Morgan fingerprint density at radius 1 is 0.657 bits per heavy atom. The molecular formula is C31H28Cl2OZr. The summed E-state index contributed by atoms with van der Waals surface area (Å²) in [6.45, 7) is 4.41. The molecule has 0 aliphatic heterocycles. The molecule has 0 heterocycles. The van der Waals surface area contributed by atoms with E-state index >= 15 is 0 Å².